The number of rotatable bonds is 6. The molecule has 0 saturated carbocycles. The smallest absolute Gasteiger partial charge is 0.332 e. The third-order valence-corrected chi connectivity index (χ3v) is 1.61. The van der Waals surface area contributed by atoms with Crippen molar-refractivity contribution < 1.29 is 29.3 Å². The molecule has 0 saturated heterocycles. The van der Waals surface area contributed by atoms with Gasteiger partial charge in [-0.05, 0) is 0 Å². The van der Waals surface area contributed by atoms with Crippen LogP contribution in [0.3, 0.4) is 0 Å². The minimum Gasteiger partial charge on any atom is -0.479 e. The van der Waals surface area contributed by atoms with Crippen molar-refractivity contribution >= 4 is 18.0 Å². The normalized spacial score (nSPS) is 11.4. The summed E-state index contributed by atoms with van der Waals surface area (Å²) in [6, 6.07) is -0.636. The second-order valence-electron chi connectivity index (χ2n) is 2.83. The number of hydrogen-bond acceptors (Lipinski definition) is 5. The third kappa shape index (κ3) is 6.60. The predicted molar refractivity (Wildman–Crippen MR) is 51.7 cm³/mol. The summed E-state index contributed by atoms with van der Waals surface area (Å²) in [4.78, 5) is 31.8. The summed E-state index contributed by atoms with van der Waals surface area (Å²) >= 11 is 0. The summed E-state index contributed by atoms with van der Waals surface area (Å²) in [5, 5.41) is 21.6. The van der Waals surface area contributed by atoms with E-state index in [9.17, 15) is 14.4 Å². The molecule has 0 aliphatic rings. The van der Waals surface area contributed by atoms with Gasteiger partial charge in [0.15, 0.2) is 6.10 Å². The Morgan fingerprint density at radius 3 is 2.44 bits per heavy atom. The maximum atomic E-state index is 11.0. The molecule has 0 fully saturated rings. The highest BCUT2D eigenvalue weighted by molar-refractivity contribution is 5.80. The fourth-order valence-electron chi connectivity index (χ4n) is 0.733. The van der Waals surface area contributed by atoms with Gasteiger partial charge in [-0.3, -0.25) is 4.79 Å². The van der Waals surface area contributed by atoms with Crippen LogP contribution in [0.4, 0.5) is 4.79 Å². The quantitative estimate of drug-likeness (QED) is 0.406. The number of aliphatic hydroxyl groups excluding tert-OH is 1. The molecule has 0 aliphatic heterocycles. The van der Waals surface area contributed by atoms with Gasteiger partial charge in [0.2, 0.25) is 0 Å². The van der Waals surface area contributed by atoms with E-state index in [-0.39, 0.29) is 19.5 Å². The number of carboxylic acids is 1. The number of hydrogen-bond donors (Lipinski definition) is 4. The maximum Gasteiger partial charge on any atom is 0.332 e. The van der Waals surface area contributed by atoms with Crippen LogP contribution in [0.5, 0.6) is 0 Å². The first-order valence-electron chi connectivity index (χ1n) is 4.46. The highest BCUT2D eigenvalue weighted by Crippen LogP contribution is 1.88. The minimum absolute atomic E-state index is 0.0134. The molecule has 0 aromatic heterocycles. The topological polar surface area (TPSA) is 125 Å². The van der Waals surface area contributed by atoms with Gasteiger partial charge in [-0.25, -0.2) is 9.59 Å². The van der Waals surface area contributed by atoms with Crippen LogP contribution in [0.15, 0.2) is 0 Å². The van der Waals surface area contributed by atoms with Gasteiger partial charge in [0.25, 0.3) is 0 Å². The largest absolute Gasteiger partial charge is 0.479 e. The molecule has 4 N–H and O–H groups in total. The van der Waals surface area contributed by atoms with Crippen molar-refractivity contribution in [3.63, 3.8) is 0 Å². The molecular weight excluding hydrogens is 220 g/mol. The fraction of sp³-hybridized carbons (Fsp3) is 0.625. The molecule has 0 rings (SSSR count). The Bertz CT molecular complexity index is 267. The number of carbonyl (C=O) groups is 3. The SMILES string of the molecule is COC(=O)CNC(=O)NCC[C@H](O)C(=O)O. The Morgan fingerprint density at radius 1 is 1.31 bits per heavy atom. The lowest BCUT2D eigenvalue weighted by atomic mass is 10.2. The first-order valence-corrected chi connectivity index (χ1v) is 4.46. The summed E-state index contributed by atoms with van der Waals surface area (Å²) in [6.45, 7) is -0.287. The monoisotopic (exact) mass is 234 g/mol. The van der Waals surface area contributed by atoms with Crippen LogP contribution in [0.1, 0.15) is 6.42 Å². The number of aliphatic hydroxyl groups is 1. The van der Waals surface area contributed by atoms with E-state index in [1.54, 1.807) is 0 Å². The highest BCUT2D eigenvalue weighted by atomic mass is 16.5. The molecule has 0 radical (unpaired) electrons. The molecule has 8 heteroatoms. The van der Waals surface area contributed by atoms with Gasteiger partial charge in [-0.1, -0.05) is 0 Å². The third-order valence-electron chi connectivity index (χ3n) is 1.61. The van der Waals surface area contributed by atoms with E-state index in [1.807, 2.05) is 0 Å². The van der Waals surface area contributed by atoms with Crippen molar-refractivity contribution in [2.75, 3.05) is 20.2 Å². The van der Waals surface area contributed by atoms with E-state index in [0.29, 0.717) is 0 Å². The molecule has 2 amide bonds. The molecule has 8 nitrogen and oxygen atoms in total. The molecular formula is C8H14N2O6. The number of ether oxygens (including phenoxy) is 1. The molecule has 0 aliphatic carbocycles. The highest BCUT2D eigenvalue weighted by Gasteiger charge is 2.12. The Morgan fingerprint density at radius 2 is 1.94 bits per heavy atom. The molecule has 0 aromatic carbocycles. The zero-order chi connectivity index (χ0) is 12.6. The van der Waals surface area contributed by atoms with Crippen LogP contribution in [0, 0.1) is 0 Å². The van der Waals surface area contributed by atoms with Gasteiger partial charge in [0.05, 0.1) is 7.11 Å². The Hall–Kier alpha value is -1.83. The van der Waals surface area contributed by atoms with Crippen molar-refractivity contribution in [2.45, 2.75) is 12.5 Å². The molecule has 0 spiro atoms. The molecule has 16 heavy (non-hydrogen) atoms. The van der Waals surface area contributed by atoms with Crippen LogP contribution >= 0.6 is 0 Å². The molecule has 0 heterocycles. The van der Waals surface area contributed by atoms with Crippen molar-refractivity contribution in [3.05, 3.63) is 0 Å². The van der Waals surface area contributed by atoms with E-state index < -0.39 is 24.1 Å². The number of aliphatic carboxylic acids is 1. The van der Waals surface area contributed by atoms with E-state index in [4.69, 9.17) is 10.2 Å². The number of esters is 1. The lowest BCUT2D eigenvalue weighted by Crippen LogP contribution is -2.40. The average Bonchev–Trinajstić information content (AvgIpc) is 2.25. The van der Waals surface area contributed by atoms with Gasteiger partial charge in [-0.15, -0.1) is 0 Å². The number of carbonyl (C=O) groups excluding carboxylic acids is 2. The van der Waals surface area contributed by atoms with E-state index >= 15 is 0 Å². The van der Waals surface area contributed by atoms with Crippen LogP contribution in [-0.2, 0) is 14.3 Å². The molecule has 1 atom stereocenters. The van der Waals surface area contributed by atoms with Crippen molar-refractivity contribution in [2.24, 2.45) is 0 Å². The number of methoxy groups -OCH3 is 1. The first-order chi connectivity index (χ1) is 7.47. The van der Waals surface area contributed by atoms with E-state index in [0.717, 1.165) is 0 Å². The number of amides is 2. The van der Waals surface area contributed by atoms with Gasteiger partial charge in [-0.2, -0.15) is 0 Å². The van der Waals surface area contributed by atoms with Crippen LogP contribution < -0.4 is 10.6 Å². The molecule has 0 unspecified atom stereocenters. The number of urea groups is 1. The lowest BCUT2D eigenvalue weighted by Gasteiger charge is -2.08. The van der Waals surface area contributed by atoms with Crippen molar-refractivity contribution in [3.8, 4) is 0 Å². The van der Waals surface area contributed by atoms with Crippen molar-refractivity contribution in [1.82, 2.24) is 10.6 Å². The summed E-state index contributed by atoms with van der Waals surface area (Å²) in [5.74, 6) is -1.95. The first kappa shape index (κ1) is 14.2. The fourth-order valence-corrected chi connectivity index (χ4v) is 0.733. The summed E-state index contributed by atoms with van der Waals surface area (Å²) in [5.41, 5.74) is 0. The molecule has 92 valence electrons. The maximum absolute atomic E-state index is 11.0. The standard InChI is InChI=1S/C8H14N2O6/c1-16-6(12)4-10-8(15)9-3-2-5(11)7(13)14/h5,11H,2-4H2,1H3,(H,13,14)(H2,9,10,15)/t5-/m0/s1. The average molecular weight is 234 g/mol. The Kier molecular flexibility index (Phi) is 6.61. The van der Waals surface area contributed by atoms with Crippen LogP contribution in [0.25, 0.3) is 0 Å². The second-order valence-corrected chi connectivity index (χ2v) is 2.83. The summed E-state index contributed by atoms with van der Waals surface area (Å²) < 4.78 is 4.28. The molecule has 0 aromatic rings. The van der Waals surface area contributed by atoms with Crippen LogP contribution in [0.2, 0.25) is 0 Å². The summed E-state index contributed by atoms with van der Waals surface area (Å²) in [7, 11) is 1.19. The Balaban J connectivity index is 3.58. The number of nitrogens with one attached hydrogen (secondary N) is 2. The van der Waals surface area contributed by atoms with Crippen molar-refractivity contribution in [1.29, 1.82) is 0 Å². The zero-order valence-electron chi connectivity index (χ0n) is 8.73. The van der Waals surface area contributed by atoms with Gasteiger partial charge in [0, 0.05) is 13.0 Å². The number of carboxylic acid groups (broad SMARTS) is 1. The molecule has 0 bridgehead atoms. The lowest BCUT2D eigenvalue weighted by molar-refractivity contribution is -0.146. The second kappa shape index (κ2) is 7.46. The van der Waals surface area contributed by atoms with Gasteiger partial charge < -0.3 is 25.6 Å². The van der Waals surface area contributed by atoms with E-state index in [2.05, 4.69) is 15.4 Å². The summed E-state index contributed by atoms with van der Waals surface area (Å²) in [6.07, 6.45) is -1.62. The Labute approximate surface area is 91.6 Å². The predicted octanol–water partition coefficient (Wildman–Crippen LogP) is -1.71. The van der Waals surface area contributed by atoms with Crippen LogP contribution in [-0.4, -0.2) is 54.5 Å². The van der Waals surface area contributed by atoms with E-state index in [1.165, 1.54) is 7.11 Å². The minimum atomic E-state index is -1.51. The van der Waals surface area contributed by atoms with Gasteiger partial charge in [0.1, 0.15) is 6.54 Å². The van der Waals surface area contributed by atoms with Gasteiger partial charge >= 0.3 is 18.0 Å². The zero-order valence-corrected chi connectivity index (χ0v) is 8.73.